The van der Waals surface area contributed by atoms with E-state index in [0.29, 0.717) is 6.42 Å². The van der Waals surface area contributed by atoms with Gasteiger partial charge in [0.1, 0.15) is 5.78 Å². The maximum Gasteiger partial charge on any atom is 0.133 e. The topological polar surface area (TPSA) is 17.1 Å². The van der Waals surface area contributed by atoms with E-state index < -0.39 is 0 Å². The molecule has 119 valence electrons. The average Bonchev–Trinajstić information content (AvgIpc) is 2.43. The van der Waals surface area contributed by atoms with Gasteiger partial charge in [-0.1, -0.05) is 96.8 Å². The molecule has 0 saturated carbocycles. The van der Waals surface area contributed by atoms with E-state index in [0.717, 1.165) is 6.42 Å². The molecule has 0 unspecified atom stereocenters. The standard InChI is InChI=1S/C19H37O/c1-3-4-5-6-7-8-9-10-11-12-13-14-15-16-17-18-19(2)20/h2-18H2,1H3. The number of carbonyl (C=O) groups excluding carboxylic acids is 1. The van der Waals surface area contributed by atoms with Crippen LogP contribution in [0, 0.1) is 6.92 Å². The van der Waals surface area contributed by atoms with Gasteiger partial charge in [-0.15, -0.1) is 0 Å². The van der Waals surface area contributed by atoms with Crippen molar-refractivity contribution in [1.82, 2.24) is 0 Å². The molecule has 0 amide bonds. The summed E-state index contributed by atoms with van der Waals surface area (Å²) in [4.78, 5) is 10.7. The van der Waals surface area contributed by atoms with Crippen LogP contribution in [0.2, 0.25) is 0 Å². The van der Waals surface area contributed by atoms with E-state index in [1.54, 1.807) is 0 Å². The lowest BCUT2D eigenvalue weighted by molar-refractivity contribution is -0.114. The van der Waals surface area contributed by atoms with Crippen LogP contribution in [0.5, 0.6) is 0 Å². The first-order chi connectivity index (χ1) is 9.77. The molecule has 0 aliphatic heterocycles. The van der Waals surface area contributed by atoms with Crippen molar-refractivity contribution in [2.45, 2.75) is 110 Å². The van der Waals surface area contributed by atoms with Gasteiger partial charge in [-0.25, -0.2) is 0 Å². The number of unbranched alkanes of at least 4 members (excludes halogenated alkanes) is 14. The third-order valence-corrected chi connectivity index (χ3v) is 4.06. The number of hydrogen-bond donors (Lipinski definition) is 0. The van der Waals surface area contributed by atoms with Crippen LogP contribution in [0.3, 0.4) is 0 Å². The summed E-state index contributed by atoms with van der Waals surface area (Å²) in [5.74, 6) is 0.0969. The van der Waals surface area contributed by atoms with E-state index in [1.165, 1.54) is 89.9 Å². The predicted octanol–water partition coefficient (Wildman–Crippen LogP) is 6.65. The van der Waals surface area contributed by atoms with Crippen LogP contribution >= 0.6 is 0 Å². The fourth-order valence-corrected chi connectivity index (χ4v) is 2.69. The van der Waals surface area contributed by atoms with Gasteiger partial charge in [-0.05, 0) is 6.42 Å². The van der Waals surface area contributed by atoms with Gasteiger partial charge in [0.25, 0.3) is 0 Å². The summed E-state index contributed by atoms with van der Waals surface area (Å²) in [6.45, 7) is 5.68. The molecule has 0 aliphatic rings. The minimum atomic E-state index is 0.0969. The molecule has 0 aromatic heterocycles. The van der Waals surface area contributed by atoms with Gasteiger partial charge in [0.2, 0.25) is 0 Å². The van der Waals surface area contributed by atoms with Crippen LogP contribution in [0.1, 0.15) is 110 Å². The highest BCUT2D eigenvalue weighted by atomic mass is 16.1. The first kappa shape index (κ1) is 19.7. The molecule has 1 radical (unpaired) electrons. The van der Waals surface area contributed by atoms with E-state index >= 15 is 0 Å². The number of hydrogen-bond acceptors (Lipinski definition) is 1. The molecule has 1 heteroatoms. The van der Waals surface area contributed by atoms with Crippen LogP contribution in [0.4, 0.5) is 0 Å². The van der Waals surface area contributed by atoms with Crippen molar-refractivity contribution in [3.63, 3.8) is 0 Å². The maximum absolute atomic E-state index is 10.7. The zero-order valence-electron chi connectivity index (χ0n) is 13.9. The molecule has 0 saturated heterocycles. The Bertz CT molecular complexity index is 198. The predicted molar refractivity (Wildman–Crippen MR) is 89.9 cm³/mol. The van der Waals surface area contributed by atoms with Gasteiger partial charge >= 0.3 is 0 Å². The van der Waals surface area contributed by atoms with Crippen molar-refractivity contribution in [2.75, 3.05) is 0 Å². The maximum atomic E-state index is 10.7. The SMILES string of the molecule is [CH2]C(=O)CCCCCCCCCCCCCCCCC. The number of Topliss-reactive ketones (excluding diaryl/α,β-unsaturated/α-hetero) is 1. The second-order valence-corrected chi connectivity index (χ2v) is 6.24. The highest BCUT2D eigenvalue weighted by Crippen LogP contribution is 2.13. The quantitative estimate of drug-likeness (QED) is 0.289. The second-order valence-electron chi connectivity index (χ2n) is 6.24. The van der Waals surface area contributed by atoms with Gasteiger partial charge in [-0.3, -0.25) is 4.79 Å². The molecule has 0 aliphatic carbocycles. The Morgan fingerprint density at radius 1 is 0.600 bits per heavy atom. The molecule has 0 rings (SSSR count). The first-order valence-electron chi connectivity index (χ1n) is 9.12. The van der Waals surface area contributed by atoms with Crippen LogP contribution in [-0.4, -0.2) is 5.78 Å². The van der Waals surface area contributed by atoms with Crippen molar-refractivity contribution in [3.8, 4) is 0 Å². The van der Waals surface area contributed by atoms with Crippen molar-refractivity contribution in [1.29, 1.82) is 0 Å². The molecule has 0 N–H and O–H groups in total. The number of rotatable bonds is 16. The molecule has 0 aromatic rings. The van der Waals surface area contributed by atoms with Crippen LogP contribution < -0.4 is 0 Å². The van der Waals surface area contributed by atoms with E-state index in [-0.39, 0.29) is 5.78 Å². The summed E-state index contributed by atoms with van der Waals surface area (Å²) in [6, 6.07) is 0. The van der Waals surface area contributed by atoms with E-state index in [9.17, 15) is 4.79 Å². The monoisotopic (exact) mass is 281 g/mol. The Labute approximate surface area is 127 Å². The first-order valence-corrected chi connectivity index (χ1v) is 9.12. The molecule has 0 heterocycles. The fourth-order valence-electron chi connectivity index (χ4n) is 2.69. The number of ketones is 1. The third-order valence-electron chi connectivity index (χ3n) is 4.06. The Balaban J connectivity index is 2.94. The lowest BCUT2D eigenvalue weighted by Gasteiger charge is -2.03. The van der Waals surface area contributed by atoms with E-state index in [4.69, 9.17) is 0 Å². The normalized spacial score (nSPS) is 10.9. The average molecular weight is 282 g/mol. The Morgan fingerprint density at radius 2 is 0.900 bits per heavy atom. The fraction of sp³-hybridized carbons (Fsp3) is 0.895. The molecule has 0 spiro atoms. The zero-order chi connectivity index (χ0) is 14.9. The van der Waals surface area contributed by atoms with Gasteiger partial charge in [0.05, 0.1) is 0 Å². The molecule has 0 atom stereocenters. The molecule has 0 bridgehead atoms. The summed E-state index contributed by atoms with van der Waals surface area (Å²) in [6.07, 6.45) is 21.2. The van der Waals surface area contributed by atoms with E-state index in [1.807, 2.05) is 0 Å². The lowest BCUT2D eigenvalue weighted by atomic mass is 10.0. The highest BCUT2D eigenvalue weighted by molar-refractivity contribution is 5.82. The largest absolute Gasteiger partial charge is 0.300 e. The summed E-state index contributed by atoms with van der Waals surface area (Å²) < 4.78 is 0. The van der Waals surface area contributed by atoms with Gasteiger partial charge in [0, 0.05) is 13.3 Å². The zero-order valence-corrected chi connectivity index (χ0v) is 13.9. The van der Waals surface area contributed by atoms with Crippen molar-refractivity contribution in [2.24, 2.45) is 0 Å². The van der Waals surface area contributed by atoms with Gasteiger partial charge < -0.3 is 0 Å². The van der Waals surface area contributed by atoms with Gasteiger partial charge in [-0.2, -0.15) is 0 Å². The Morgan fingerprint density at radius 3 is 1.20 bits per heavy atom. The smallest absolute Gasteiger partial charge is 0.133 e. The summed E-state index contributed by atoms with van der Waals surface area (Å²) in [7, 11) is 0. The number of carbonyl (C=O) groups is 1. The summed E-state index contributed by atoms with van der Waals surface area (Å²) >= 11 is 0. The molecule has 1 nitrogen and oxygen atoms in total. The van der Waals surface area contributed by atoms with Crippen molar-refractivity contribution >= 4 is 5.78 Å². The molecular weight excluding hydrogens is 244 g/mol. The van der Waals surface area contributed by atoms with E-state index in [2.05, 4.69) is 13.8 Å². The minimum Gasteiger partial charge on any atom is -0.300 e. The Hall–Kier alpha value is -0.330. The summed E-state index contributed by atoms with van der Waals surface area (Å²) in [5, 5.41) is 0. The van der Waals surface area contributed by atoms with Crippen LogP contribution in [-0.2, 0) is 4.79 Å². The lowest BCUT2D eigenvalue weighted by Crippen LogP contribution is -1.89. The third kappa shape index (κ3) is 17.7. The van der Waals surface area contributed by atoms with Crippen LogP contribution in [0.25, 0.3) is 0 Å². The van der Waals surface area contributed by atoms with Gasteiger partial charge in [0.15, 0.2) is 0 Å². The minimum absolute atomic E-state index is 0.0969. The van der Waals surface area contributed by atoms with Crippen molar-refractivity contribution in [3.05, 3.63) is 6.92 Å². The second kappa shape index (κ2) is 16.7. The summed E-state index contributed by atoms with van der Waals surface area (Å²) in [5.41, 5.74) is 0. The Kier molecular flexibility index (Phi) is 16.4. The van der Waals surface area contributed by atoms with Crippen LogP contribution in [0.15, 0.2) is 0 Å². The molecule has 0 aromatic carbocycles. The molecule has 0 fully saturated rings. The molecular formula is C19H37O. The molecule has 20 heavy (non-hydrogen) atoms. The highest BCUT2D eigenvalue weighted by Gasteiger charge is 1.95. The van der Waals surface area contributed by atoms with Crippen molar-refractivity contribution < 1.29 is 4.79 Å².